The van der Waals surface area contributed by atoms with Crippen LogP contribution in [0.1, 0.15) is 13.3 Å². The number of rotatable bonds is 7. The van der Waals surface area contributed by atoms with Crippen molar-refractivity contribution in [1.29, 1.82) is 0 Å². The van der Waals surface area contributed by atoms with E-state index < -0.39 is 24.6 Å². The first kappa shape index (κ1) is 20.3. The van der Waals surface area contributed by atoms with E-state index in [1.165, 1.54) is 4.90 Å². The Kier molecular flexibility index (Phi) is 9.59. The predicted octanol–water partition coefficient (Wildman–Crippen LogP) is 1.23. The summed E-state index contributed by atoms with van der Waals surface area (Å²) in [7, 11) is 1.04. The van der Waals surface area contributed by atoms with E-state index in [0.29, 0.717) is 17.9 Å². The van der Waals surface area contributed by atoms with Gasteiger partial charge in [0.25, 0.3) is 0 Å². The lowest BCUT2D eigenvalue weighted by molar-refractivity contribution is -0.159. The van der Waals surface area contributed by atoms with Gasteiger partial charge in [0.15, 0.2) is 0 Å². The van der Waals surface area contributed by atoms with Gasteiger partial charge in [0.05, 0.1) is 13.1 Å². The maximum Gasteiger partial charge on any atom is 0.406 e. The molecule has 19 heavy (non-hydrogen) atoms. The molecule has 0 aliphatic heterocycles. The summed E-state index contributed by atoms with van der Waals surface area (Å²) < 4.78 is 36.2. The van der Waals surface area contributed by atoms with Crippen molar-refractivity contribution in [1.82, 2.24) is 9.80 Å². The van der Waals surface area contributed by atoms with Crippen molar-refractivity contribution in [3.05, 3.63) is 0 Å². The van der Waals surface area contributed by atoms with E-state index in [4.69, 9.17) is 5.11 Å². The highest BCUT2D eigenvalue weighted by Crippen LogP contribution is 2.15. The second-order valence-corrected chi connectivity index (χ2v) is 3.97. The van der Waals surface area contributed by atoms with Crippen molar-refractivity contribution in [2.75, 3.05) is 33.2 Å². The summed E-state index contributed by atoms with van der Waals surface area (Å²) in [4.78, 5) is 23.8. The van der Waals surface area contributed by atoms with Crippen LogP contribution in [0.15, 0.2) is 0 Å². The van der Waals surface area contributed by atoms with Crippen molar-refractivity contribution in [3.63, 3.8) is 0 Å². The van der Waals surface area contributed by atoms with Gasteiger partial charge in [-0.25, -0.2) is 0 Å². The number of carboxylic acid groups (broad SMARTS) is 1. The minimum atomic E-state index is -4.45. The van der Waals surface area contributed by atoms with Crippen LogP contribution in [0.4, 0.5) is 13.2 Å². The maximum atomic E-state index is 12.1. The van der Waals surface area contributed by atoms with Gasteiger partial charge in [-0.2, -0.15) is 13.2 Å². The highest BCUT2D eigenvalue weighted by molar-refractivity contribution is 5.85. The fourth-order valence-corrected chi connectivity index (χ4v) is 1.39. The van der Waals surface area contributed by atoms with Crippen LogP contribution in [0, 0.1) is 0 Å². The molecule has 0 rings (SSSR count). The molecule has 0 aliphatic rings. The van der Waals surface area contributed by atoms with Gasteiger partial charge in [-0.15, -0.1) is 12.4 Å². The molecule has 9 heteroatoms. The van der Waals surface area contributed by atoms with Crippen LogP contribution >= 0.6 is 12.4 Å². The number of alkyl halides is 3. The normalized spacial score (nSPS) is 11.1. The maximum absolute atomic E-state index is 12.1. The number of aliphatic carboxylic acids is 1. The number of nitrogens with zero attached hydrogens (tertiary/aromatic N) is 2. The summed E-state index contributed by atoms with van der Waals surface area (Å²) in [5, 5.41) is 8.60. The Hall–Kier alpha value is -1.02. The first-order chi connectivity index (χ1) is 8.15. The average Bonchev–Trinajstić information content (AvgIpc) is 2.13. The van der Waals surface area contributed by atoms with E-state index in [2.05, 4.69) is 0 Å². The van der Waals surface area contributed by atoms with Gasteiger partial charge in [0.2, 0.25) is 5.91 Å². The van der Waals surface area contributed by atoms with Crippen molar-refractivity contribution < 1.29 is 27.9 Å². The molecule has 0 aromatic rings. The molecule has 0 bridgehead atoms. The number of halogens is 4. The summed E-state index contributed by atoms with van der Waals surface area (Å²) in [6.45, 7) is 0.113. The van der Waals surface area contributed by atoms with Gasteiger partial charge in [-0.3, -0.25) is 14.5 Å². The Bertz CT molecular complexity index is 300. The molecule has 5 nitrogen and oxygen atoms in total. The molecule has 0 atom stereocenters. The highest BCUT2D eigenvalue weighted by atomic mass is 35.5. The van der Waals surface area contributed by atoms with Crippen LogP contribution in [0.3, 0.4) is 0 Å². The first-order valence-electron chi connectivity index (χ1n) is 5.40. The van der Waals surface area contributed by atoms with E-state index >= 15 is 0 Å². The van der Waals surface area contributed by atoms with Gasteiger partial charge in [-0.1, -0.05) is 6.92 Å². The van der Waals surface area contributed by atoms with Crippen LogP contribution < -0.4 is 0 Å². The second kappa shape index (κ2) is 8.98. The quantitative estimate of drug-likeness (QED) is 0.768. The molecule has 0 unspecified atom stereocenters. The molecule has 0 saturated carbocycles. The first-order valence-corrected chi connectivity index (χ1v) is 5.40. The lowest BCUT2D eigenvalue weighted by atomic mass is 10.3. The van der Waals surface area contributed by atoms with Gasteiger partial charge in [0, 0.05) is 7.05 Å². The second-order valence-electron chi connectivity index (χ2n) is 3.97. The van der Waals surface area contributed by atoms with Gasteiger partial charge < -0.3 is 10.0 Å². The smallest absolute Gasteiger partial charge is 0.406 e. The van der Waals surface area contributed by atoms with E-state index in [1.807, 2.05) is 0 Å². The van der Waals surface area contributed by atoms with Crippen molar-refractivity contribution in [2.24, 2.45) is 0 Å². The van der Waals surface area contributed by atoms with Crippen LogP contribution in [0.2, 0.25) is 0 Å². The van der Waals surface area contributed by atoms with Gasteiger partial charge in [-0.05, 0) is 13.0 Å². The zero-order valence-corrected chi connectivity index (χ0v) is 11.6. The number of carboxylic acids is 1. The fraction of sp³-hybridized carbons (Fsp3) is 0.800. The molecule has 0 aliphatic carbocycles. The third-order valence-electron chi connectivity index (χ3n) is 2.10. The van der Waals surface area contributed by atoms with E-state index in [9.17, 15) is 22.8 Å². The molecule has 114 valence electrons. The van der Waals surface area contributed by atoms with E-state index in [0.717, 1.165) is 7.05 Å². The van der Waals surface area contributed by atoms with Crippen LogP contribution in [0.25, 0.3) is 0 Å². The number of hydrogen-bond donors (Lipinski definition) is 1. The molecular formula is C10H18ClF3N2O3. The summed E-state index contributed by atoms with van der Waals surface area (Å²) in [6.07, 6.45) is -3.84. The summed E-state index contributed by atoms with van der Waals surface area (Å²) in [5.41, 5.74) is 0. The highest BCUT2D eigenvalue weighted by Gasteiger charge is 2.31. The van der Waals surface area contributed by atoms with Gasteiger partial charge in [0.1, 0.15) is 6.54 Å². The van der Waals surface area contributed by atoms with Crippen LogP contribution in [0.5, 0.6) is 0 Å². The Morgan fingerprint density at radius 1 is 1.21 bits per heavy atom. The summed E-state index contributed by atoms with van der Waals surface area (Å²) in [6, 6.07) is 0. The molecule has 0 aromatic heterocycles. The molecule has 1 amide bonds. The summed E-state index contributed by atoms with van der Waals surface area (Å²) >= 11 is 0. The third-order valence-corrected chi connectivity index (χ3v) is 2.10. The predicted molar refractivity (Wildman–Crippen MR) is 65.3 cm³/mol. The number of hydrogen-bond acceptors (Lipinski definition) is 3. The molecule has 0 radical (unpaired) electrons. The SMILES string of the molecule is CCCN(CC(=O)O)CC(=O)N(C)CC(F)(F)F.Cl. The topological polar surface area (TPSA) is 60.9 Å². The average molecular weight is 307 g/mol. The zero-order valence-electron chi connectivity index (χ0n) is 10.7. The minimum Gasteiger partial charge on any atom is -0.480 e. The number of amides is 1. The Morgan fingerprint density at radius 2 is 1.74 bits per heavy atom. The number of likely N-dealkylation sites (N-methyl/N-ethyl adjacent to an activating group) is 1. The van der Waals surface area contributed by atoms with E-state index in [1.54, 1.807) is 6.92 Å². The molecule has 0 aromatic carbocycles. The minimum absolute atomic E-state index is 0. The Labute approximate surface area is 115 Å². The van der Waals surface area contributed by atoms with E-state index in [-0.39, 0.29) is 25.5 Å². The van der Waals surface area contributed by atoms with Crippen LogP contribution in [-0.4, -0.2) is 66.2 Å². The van der Waals surface area contributed by atoms with Crippen LogP contribution in [-0.2, 0) is 9.59 Å². The van der Waals surface area contributed by atoms with Gasteiger partial charge >= 0.3 is 12.1 Å². The lowest BCUT2D eigenvalue weighted by Crippen LogP contribution is -2.43. The summed E-state index contributed by atoms with van der Waals surface area (Å²) in [5.74, 6) is -1.86. The number of carbonyl (C=O) groups excluding carboxylic acids is 1. The zero-order chi connectivity index (χ0) is 14.3. The number of carbonyl (C=O) groups is 2. The molecule has 0 fully saturated rings. The molecule has 1 N–H and O–H groups in total. The largest absolute Gasteiger partial charge is 0.480 e. The molecule has 0 saturated heterocycles. The Morgan fingerprint density at radius 3 is 2.11 bits per heavy atom. The molecule has 0 heterocycles. The monoisotopic (exact) mass is 306 g/mol. The Balaban J connectivity index is 0. The third kappa shape index (κ3) is 10.6. The van der Waals surface area contributed by atoms with Crippen molar-refractivity contribution in [2.45, 2.75) is 19.5 Å². The lowest BCUT2D eigenvalue weighted by Gasteiger charge is -2.24. The standard InChI is InChI=1S/C10H17F3N2O3.ClH/c1-3-4-15(6-9(17)18)5-8(16)14(2)7-10(11,12)13;/h3-7H2,1-2H3,(H,17,18);1H. The molecule has 0 spiro atoms. The van der Waals surface area contributed by atoms with Crippen molar-refractivity contribution >= 4 is 24.3 Å². The molecular weight excluding hydrogens is 289 g/mol. The fourth-order valence-electron chi connectivity index (χ4n) is 1.39. The van der Waals surface area contributed by atoms with Crippen molar-refractivity contribution in [3.8, 4) is 0 Å².